The zero-order chi connectivity index (χ0) is 16.4. The van der Waals surface area contributed by atoms with E-state index in [1.807, 2.05) is 28.8 Å². The second-order valence-corrected chi connectivity index (χ2v) is 6.56. The number of aromatic nitrogens is 5. The van der Waals surface area contributed by atoms with Crippen LogP contribution < -0.4 is 4.90 Å². The highest BCUT2D eigenvalue weighted by atomic mass is 32.2. The first kappa shape index (κ1) is 15.5. The van der Waals surface area contributed by atoms with Crippen LogP contribution in [-0.2, 0) is 17.0 Å². The van der Waals surface area contributed by atoms with Gasteiger partial charge >= 0.3 is 0 Å². The van der Waals surface area contributed by atoms with Crippen LogP contribution in [0.4, 0.5) is 5.95 Å². The van der Waals surface area contributed by atoms with Gasteiger partial charge in [-0.25, -0.2) is 4.98 Å². The quantitative estimate of drug-likeness (QED) is 0.661. The lowest BCUT2D eigenvalue weighted by Gasteiger charge is -2.27. The summed E-state index contributed by atoms with van der Waals surface area (Å²) in [5, 5.41) is 9.73. The Hall–Kier alpha value is -2.06. The highest BCUT2D eigenvalue weighted by molar-refractivity contribution is 7.98. The lowest BCUT2D eigenvalue weighted by molar-refractivity contribution is 0.121. The van der Waals surface area contributed by atoms with Crippen LogP contribution in [-0.4, -0.2) is 50.5 Å². The SMILES string of the molecule is CCn1c(SCc2cn3ccccc3n2)nnc1N1CCOCC1. The lowest BCUT2D eigenvalue weighted by Crippen LogP contribution is -2.38. The van der Waals surface area contributed by atoms with Gasteiger partial charge in [0.05, 0.1) is 18.9 Å². The molecule has 1 aliphatic rings. The summed E-state index contributed by atoms with van der Waals surface area (Å²) in [7, 11) is 0. The van der Waals surface area contributed by atoms with Crippen molar-refractivity contribution in [2.24, 2.45) is 0 Å². The van der Waals surface area contributed by atoms with Crippen LogP contribution in [0.5, 0.6) is 0 Å². The Balaban J connectivity index is 1.50. The third-order valence-electron chi connectivity index (χ3n) is 4.07. The van der Waals surface area contributed by atoms with Gasteiger partial charge in [0.2, 0.25) is 5.95 Å². The molecule has 1 aliphatic heterocycles. The third kappa shape index (κ3) is 2.99. The first-order valence-corrected chi connectivity index (χ1v) is 9.15. The number of thioether (sulfide) groups is 1. The number of anilines is 1. The van der Waals surface area contributed by atoms with Crippen molar-refractivity contribution in [3.8, 4) is 0 Å². The molecule has 4 rings (SSSR count). The van der Waals surface area contributed by atoms with Crippen molar-refractivity contribution in [2.45, 2.75) is 24.4 Å². The number of hydrogen-bond donors (Lipinski definition) is 0. The Kier molecular flexibility index (Phi) is 4.40. The van der Waals surface area contributed by atoms with Gasteiger partial charge in [0.1, 0.15) is 5.65 Å². The van der Waals surface area contributed by atoms with Gasteiger partial charge in [-0.3, -0.25) is 4.57 Å². The summed E-state index contributed by atoms with van der Waals surface area (Å²) in [4.78, 5) is 6.88. The molecule has 0 aromatic carbocycles. The number of rotatable bonds is 5. The molecule has 1 saturated heterocycles. The molecule has 3 aromatic heterocycles. The number of fused-ring (bicyclic) bond motifs is 1. The Labute approximate surface area is 144 Å². The van der Waals surface area contributed by atoms with E-state index < -0.39 is 0 Å². The lowest BCUT2D eigenvalue weighted by atomic mass is 10.4. The van der Waals surface area contributed by atoms with Crippen molar-refractivity contribution in [2.75, 3.05) is 31.2 Å². The molecule has 24 heavy (non-hydrogen) atoms. The fraction of sp³-hybridized carbons (Fsp3) is 0.438. The number of ether oxygens (including phenoxy) is 1. The van der Waals surface area contributed by atoms with Gasteiger partial charge in [0, 0.05) is 37.8 Å². The van der Waals surface area contributed by atoms with E-state index >= 15 is 0 Å². The molecule has 0 radical (unpaired) electrons. The predicted octanol–water partition coefficient (Wildman–Crippen LogP) is 2.07. The smallest absolute Gasteiger partial charge is 0.228 e. The van der Waals surface area contributed by atoms with Gasteiger partial charge in [-0.1, -0.05) is 17.8 Å². The monoisotopic (exact) mass is 344 g/mol. The van der Waals surface area contributed by atoms with Crippen molar-refractivity contribution in [3.63, 3.8) is 0 Å². The summed E-state index contributed by atoms with van der Waals surface area (Å²) in [6.07, 6.45) is 4.08. The number of nitrogens with zero attached hydrogens (tertiary/aromatic N) is 6. The fourth-order valence-electron chi connectivity index (χ4n) is 2.86. The van der Waals surface area contributed by atoms with Gasteiger partial charge in [0.15, 0.2) is 5.16 Å². The van der Waals surface area contributed by atoms with E-state index in [9.17, 15) is 0 Å². The van der Waals surface area contributed by atoms with Crippen molar-refractivity contribution >= 4 is 23.4 Å². The predicted molar refractivity (Wildman–Crippen MR) is 93.5 cm³/mol. The Morgan fingerprint density at radius 1 is 1.21 bits per heavy atom. The number of imidazole rings is 1. The van der Waals surface area contributed by atoms with Crippen molar-refractivity contribution in [1.29, 1.82) is 0 Å². The molecule has 3 aromatic rings. The van der Waals surface area contributed by atoms with Crippen LogP contribution in [0.15, 0.2) is 35.7 Å². The molecule has 1 fully saturated rings. The second kappa shape index (κ2) is 6.82. The van der Waals surface area contributed by atoms with Crippen LogP contribution in [0.1, 0.15) is 12.6 Å². The molecular formula is C16H20N6OS. The summed E-state index contributed by atoms with van der Waals surface area (Å²) >= 11 is 1.68. The summed E-state index contributed by atoms with van der Waals surface area (Å²) in [6.45, 7) is 6.22. The molecule has 8 heteroatoms. The maximum absolute atomic E-state index is 5.42. The fourth-order valence-corrected chi connectivity index (χ4v) is 3.74. The molecule has 4 heterocycles. The third-order valence-corrected chi connectivity index (χ3v) is 5.07. The molecule has 7 nitrogen and oxygen atoms in total. The summed E-state index contributed by atoms with van der Waals surface area (Å²) in [5.74, 6) is 1.72. The largest absolute Gasteiger partial charge is 0.378 e. The summed E-state index contributed by atoms with van der Waals surface area (Å²) < 4.78 is 9.63. The van der Waals surface area contributed by atoms with Crippen LogP contribution in [0, 0.1) is 0 Å². The standard InChI is InChI=1S/C16H20N6OS/c1-2-22-15(20-7-9-23-10-8-20)18-19-16(22)24-12-13-11-21-6-4-3-5-14(21)17-13/h3-6,11H,2,7-10,12H2,1H3. The maximum atomic E-state index is 5.42. The highest BCUT2D eigenvalue weighted by Gasteiger charge is 2.19. The topological polar surface area (TPSA) is 60.5 Å². The minimum atomic E-state index is 0.750. The van der Waals surface area contributed by atoms with Crippen LogP contribution in [0.3, 0.4) is 0 Å². The van der Waals surface area contributed by atoms with Crippen molar-refractivity contribution < 1.29 is 4.74 Å². The molecule has 0 bridgehead atoms. The van der Waals surface area contributed by atoms with Gasteiger partial charge in [0.25, 0.3) is 0 Å². The van der Waals surface area contributed by atoms with E-state index in [0.29, 0.717) is 0 Å². The minimum absolute atomic E-state index is 0.750. The highest BCUT2D eigenvalue weighted by Crippen LogP contribution is 2.25. The normalized spacial score (nSPS) is 15.3. The molecule has 0 amide bonds. The molecule has 0 saturated carbocycles. The van der Waals surface area contributed by atoms with E-state index in [1.54, 1.807) is 11.8 Å². The second-order valence-electron chi connectivity index (χ2n) is 5.61. The average Bonchev–Trinajstić information content (AvgIpc) is 3.23. The molecule has 0 N–H and O–H groups in total. The molecule has 126 valence electrons. The Morgan fingerprint density at radius 3 is 2.88 bits per heavy atom. The van der Waals surface area contributed by atoms with Crippen molar-refractivity contribution in [3.05, 3.63) is 36.3 Å². The van der Waals surface area contributed by atoms with Gasteiger partial charge in [-0.2, -0.15) is 0 Å². The molecule has 0 atom stereocenters. The molecule has 0 aliphatic carbocycles. The average molecular weight is 344 g/mol. The molecular weight excluding hydrogens is 324 g/mol. The molecule has 0 spiro atoms. The minimum Gasteiger partial charge on any atom is -0.378 e. The van der Waals surface area contributed by atoms with E-state index in [-0.39, 0.29) is 0 Å². The van der Waals surface area contributed by atoms with Gasteiger partial charge in [-0.05, 0) is 19.1 Å². The number of pyridine rings is 1. The first-order chi connectivity index (χ1) is 11.8. The van der Waals surface area contributed by atoms with Crippen molar-refractivity contribution in [1.82, 2.24) is 24.1 Å². The molecule has 0 unspecified atom stereocenters. The van der Waals surface area contributed by atoms with Gasteiger partial charge in [-0.15, -0.1) is 10.2 Å². The summed E-state index contributed by atoms with van der Waals surface area (Å²) in [5.41, 5.74) is 2.02. The van der Waals surface area contributed by atoms with E-state index in [2.05, 4.69) is 37.8 Å². The number of hydrogen-bond acceptors (Lipinski definition) is 6. The summed E-state index contributed by atoms with van der Waals surface area (Å²) in [6, 6.07) is 6.02. The van der Waals surface area contributed by atoms with E-state index in [0.717, 1.165) is 61.0 Å². The van der Waals surface area contributed by atoms with Crippen LogP contribution in [0.2, 0.25) is 0 Å². The van der Waals surface area contributed by atoms with E-state index in [4.69, 9.17) is 4.74 Å². The Bertz CT molecular complexity index is 790. The zero-order valence-electron chi connectivity index (χ0n) is 13.6. The first-order valence-electron chi connectivity index (χ1n) is 8.16. The Morgan fingerprint density at radius 2 is 2.08 bits per heavy atom. The van der Waals surface area contributed by atoms with E-state index in [1.165, 1.54) is 0 Å². The van der Waals surface area contributed by atoms with Crippen LogP contribution >= 0.6 is 11.8 Å². The van der Waals surface area contributed by atoms with Crippen LogP contribution in [0.25, 0.3) is 5.65 Å². The maximum Gasteiger partial charge on any atom is 0.228 e. The van der Waals surface area contributed by atoms with Gasteiger partial charge < -0.3 is 14.0 Å². The zero-order valence-corrected chi connectivity index (χ0v) is 14.4. The number of morpholine rings is 1.